The van der Waals surface area contributed by atoms with E-state index in [1.807, 2.05) is 51.1 Å². The Labute approximate surface area is 156 Å². The van der Waals surface area contributed by atoms with Crippen LogP contribution in [0.2, 0.25) is 0 Å². The molecule has 26 heavy (non-hydrogen) atoms. The first kappa shape index (κ1) is 17.9. The van der Waals surface area contributed by atoms with Gasteiger partial charge < -0.3 is 9.84 Å². The van der Waals surface area contributed by atoms with Gasteiger partial charge in [-0.3, -0.25) is 15.6 Å². The molecule has 3 rings (SSSR count). The van der Waals surface area contributed by atoms with Crippen LogP contribution in [0.3, 0.4) is 0 Å². The Kier molecular flexibility index (Phi) is 4.90. The zero-order valence-corrected chi connectivity index (χ0v) is 15.6. The van der Waals surface area contributed by atoms with Crippen molar-refractivity contribution in [2.45, 2.75) is 26.3 Å². The molecule has 134 valence electrons. The van der Waals surface area contributed by atoms with Gasteiger partial charge in [-0.25, -0.2) is 0 Å². The summed E-state index contributed by atoms with van der Waals surface area (Å²) in [5, 5.41) is 8.25. The molecule has 0 fully saturated rings. The molecule has 0 atom stereocenters. The number of rotatable bonds is 2. The van der Waals surface area contributed by atoms with Gasteiger partial charge in [-0.05, 0) is 51.2 Å². The summed E-state index contributed by atoms with van der Waals surface area (Å²) < 4.78 is 5.46. The lowest BCUT2D eigenvalue weighted by molar-refractivity contribution is 0.0943. The third-order valence-electron chi connectivity index (χ3n) is 3.55. The molecule has 0 spiro atoms. The lowest BCUT2D eigenvalue weighted by atomic mass is 10.1. The van der Waals surface area contributed by atoms with Gasteiger partial charge in [0.15, 0.2) is 10.9 Å². The minimum absolute atomic E-state index is 0.194. The highest BCUT2D eigenvalue weighted by Crippen LogP contribution is 2.29. The van der Waals surface area contributed by atoms with Gasteiger partial charge in [-0.15, -0.1) is 0 Å². The Balaban J connectivity index is 1.78. The number of carbonyl (C=O) groups excluding carboxylic acids is 1. The highest BCUT2D eigenvalue weighted by atomic mass is 32.1. The van der Waals surface area contributed by atoms with Crippen LogP contribution < -0.4 is 16.2 Å². The largest absolute Gasteiger partial charge is 0.357 e. The second-order valence-electron chi connectivity index (χ2n) is 6.89. The van der Waals surface area contributed by atoms with Crippen LogP contribution in [-0.2, 0) is 0 Å². The number of hydrogen-bond donors (Lipinski definition) is 3. The van der Waals surface area contributed by atoms with Crippen molar-refractivity contribution in [3.63, 3.8) is 0 Å². The molecule has 0 saturated carbocycles. The number of nitrogens with zero attached hydrogens (tertiary/aromatic N) is 1. The lowest BCUT2D eigenvalue weighted by Gasteiger charge is -2.23. The van der Waals surface area contributed by atoms with E-state index in [0.29, 0.717) is 22.0 Å². The second-order valence-corrected chi connectivity index (χ2v) is 7.30. The van der Waals surface area contributed by atoms with E-state index in [1.165, 1.54) is 0 Å². The molecule has 7 heteroatoms. The Morgan fingerprint density at radius 2 is 1.81 bits per heavy atom. The normalized spacial score (nSPS) is 11.2. The van der Waals surface area contributed by atoms with Crippen LogP contribution in [0.15, 0.2) is 53.1 Å². The number of carbonyl (C=O) groups is 1. The topological polar surface area (TPSA) is 79.2 Å². The van der Waals surface area contributed by atoms with Crippen molar-refractivity contribution >= 4 is 34.1 Å². The van der Waals surface area contributed by atoms with Crippen molar-refractivity contribution in [1.29, 1.82) is 0 Å². The fraction of sp³-hybridized carbons (Fsp3) is 0.211. The smallest absolute Gasteiger partial charge is 0.269 e. The highest BCUT2D eigenvalue weighted by molar-refractivity contribution is 7.80. The molecule has 2 aromatic carbocycles. The number of thiocarbonyl (C=S) groups is 1. The standard InChI is InChI=1S/C19H20N4O2S/c1-19(2,3)20-18(26)22-21-17(24)13-9-10-15-14(11-13)16(25-23-15)12-7-5-4-6-8-12/h4-11H,1-3H3,(H,21,24)(H2,20,22,26). The molecule has 1 heterocycles. The molecule has 0 aliphatic heterocycles. The van der Waals surface area contributed by atoms with Crippen molar-refractivity contribution in [2.24, 2.45) is 0 Å². The van der Waals surface area contributed by atoms with Crippen LogP contribution in [0.4, 0.5) is 0 Å². The number of aromatic nitrogens is 1. The number of hydrogen-bond acceptors (Lipinski definition) is 4. The molecule has 6 nitrogen and oxygen atoms in total. The summed E-state index contributed by atoms with van der Waals surface area (Å²) in [4.78, 5) is 12.4. The Morgan fingerprint density at radius 1 is 1.08 bits per heavy atom. The first-order chi connectivity index (χ1) is 12.3. The van der Waals surface area contributed by atoms with Crippen LogP contribution in [0.25, 0.3) is 22.2 Å². The molecule has 3 aromatic rings. The van der Waals surface area contributed by atoms with Crippen molar-refractivity contribution in [3.8, 4) is 11.3 Å². The summed E-state index contributed by atoms with van der Waals surface area (Å²) in [5.41, 5.74) is 7.18. The van der Waals surface area contributed by atoms with Gasteiger partial charge in [0.2, 0.25) is 0 Å². The van der Waals surface area contributed by atoms with Gasteiger partial charge in [-0.1, -0.05) is 35.5 Å². The summed E-state index contributed by atoms with van der Waals surface area (Å²) in [6.07, 6.45) is 0. The molecule has 1 amide bonds. The van der Waals surface area contributed by atoms with Gasteiger partial charge in [0.1, 0.15) is 5.52 Å². The maximum absolute atomic E-state index is 12.4. The molecule has 0 unspecified atom stereocenters. The van der Waals surface area contributed by atoms with E-state index < -0.39 is 0 Å². The van der Waals surface area contributed by atoms with E-state index in [1.54, 1.807) is 18.2 Å². The first-order valence-electron chi connectivity index (χ1n) is 8.17. The summed E-state index contributed by atoms with van der Waals surface area (Å²) >= 11 is 5.16. The number of nitrogens with one attached hydrogen (secondary N) is 3. The number of amides is 1. The summed E-state index contributed by atoms with van der Waals surface area (Å²) in [5.74, 6) is 0.332. The van der Waals surface area contributed by atoms with Crippen LogP contribution in [0.5, 0.6) is 0 Å². The van der Waals surface area contributed by atoms with Crippen LogP contribution in [0.1, 0.15) is 31.1 Å². The second kappa shape index (κ2) is 7.13. The molecular formula is C19H20N4O2S. The predicted octanol–water partition coefficient (Wildman–Crippen LogP) is 3.40. The number of hydrazine groups is 1. The van der Waals surface area contributed by atoms with Gasteiger partial charge in [0.25, 0.3) is 5.91 Å². The molecule has 0 radical (unpaired) electrons. The zero-order chi connectivity index (χ0) is 18.7. The maximum atomic E-state index is 12.4. The molecule has 0 saturated heterocycles. The molecule has 0 aliphatic rings. The van der Waals surface area contributed by atoms with Crippen LogP contribution in [0, 0.1) is 0 Å². The van der Waals surface area contributed by atoms with E-state index in [-0.39, 0.29) is 11.4 Å². The monoisotopic (exact) mass is 368 g/mol. The van der Waals surface area contributed by atoms with Crippen molar-refractivity contribution in [3.05, 3.63) is 54.1 Å². The molecule has 0 bridgehead atoms. The third kappa shape index (κ3) is 4.18. The van der Waals surface area contributed by atoms with E-state index >= 15 is 0 Å². The van der Waals surface area contributed by atoms with Gasteiger partial charge in [0.05, 0.1) is 5.39 Å². The van der Waals surface area contributed by atoms with E-state index in [9.17, 15) is 4.79 Å². The van der Waals surface area contributed by atoms with Crippen molar-refractivity contribution in [2.75, 3.05) is 0 Å². The summed E-state index contributed by atoms with van der Waals surface area (Å²) in [6.45, 7) is 5.94. The van der Waals surface area contributed by atoms with Crippen LogP contribution in [-0.4, -0.2) is 21.7 Å². The van der Waals surface area contributed by atoms with Crippen molar-refractivity contribution < 1.29 is 9.32 Å². The maximum Gasteiger partial charge on any atom is 0.269 e. The number of benzene rings is 2. The number of fused-ring (bicyclic) bond motifs is 1. The van der Waals surface area contributed by atoms with Gasteiger partial charge in [-0.2, -0.15) is 0 Å². The quantitative estimate of drug-likeness (QED) is 0.475. The van der Waals surface area contributed by atoms with Gasteiger partial charge >= 0.3 is 0 Å². The average molecular weight is 368 g/mol. The minimum atomic E-state index is -0.301. The van der Waals surface area contributed by atoms with Crippen LogP contribution >= 0.6 is 12.2 Å². The molecule has 0 aliphatic carbocycles. The zero-order valence-electron chi connectivity index (χ0n) is 14.8. The Morgan fingerprint density at radius 3 is 2.50 bits per heavy atom. The van der Waals surface area contributed by atoms with Crippen molar-refractivity contribution in [1.82, 2.24) is 21.3 Å². The van der Waals surface area contributed by atoms with E-state index in [2.05, 4.69) is 21.3 Å². The highest BCUT2D eigenvalue weighted by Gasteiger charge is 2.15. The van der Waals surface area contributed by atoms with E-state index in [4.69, 9.17) is 16.7 Å². The molecule has 1 aromatic heterocycles. The lowest BCUT2D eigenvalue weighted by Crippen LogP contribution is -2.52. The Bertz CT molecular complexity index is 945. The van der Waals surface area contributed by atoms with Gasteiger partial charge in [0, 0.05) is 16.7 Å². The Hall–Kier alpha value is -2.93. The average Bonchev–Trinajstić information content (AvgIpc) is 3.02. The van der Waals surface area contributed by atoms with E-state index in [0.717, 1.165) is 10.9 Å². The third-order valence-corrected chi connectivity index (χ3v) is 3.76. The predicted molar refractivity (Wildman–Crippen MR) is 106 cm³/mol. The summed E-state index contributed by atoms with van der Waals surface area (Å²) in [6, 6.07) is 14.9. The fourth-order valence-corrected chi connectivity index (χ4v) is 2.80. The molecular weight excluding hydrogens is 348 g/mol. The first-order valence-corrected chi connectivity index (χ1v) is 8.58. The SMILES string of the molecule is CC(C)(C)NC(=S)NNC(=O)c1ccc2noc(-c3ccccc3)c2c1. The minimum Gasteiger partial charge on any atom is -0.357 e. The molecule has 3 N–H and O–H groups in total. The summed E-state index contributed by atoms with van der Waals surface area (Å²) in [7, 11) is 0. The fourth-order valence-electron chi connectivity index (χ4n) is 2.44.